The van der Waals surface area contributed by atoms with E-state index in [-0.39, 0.29) is 0 Å². The van der Waals surface area contributed by atoms with E-state index >= 15 is 0 Å². The molecule has 0 amide bonds. The van der Waals surface area contributed by atoms with Crippen LogP contribution in [0.1, 0.15) is 28.5 Å². The van der Waals surface area contributed by atoms with Gasteiger partial charge >= 0.3 is 0 Å². The van der Waals surface area contributed by atoms with Crippen LogP contribution in [0.4, 0.5) is 5.13 Å². The first-order valence-corrected chi connectivity index (χ1v) is 8.03. The molecule has 0 saturated heterocycles. The average Bonchev–Trinajstić information content (AvgIpc) is 3.07. The molecule has 0 saturated carbocycles. The summed E-state index contributed by atoms with van der Waals surface area (Å²) >= 11 is 1.65. The molecule has 0 bridgehead atoms. The summed E-state index contributed by atoms with van der Waals surface area (Å²) in [5, 5.41) is 0.700. The molecule has 2 N–H and O–H groups in total. The summed E-state index contributed by atoms with van der Waals surface area (Å²) in [5.41, 5.74) is 10.9. The molecule has 3 aromatic rings. The van der Waals surface area contributed by atoms with Gasteiger partial charge in [0.1, 0.15) is 0 Å². The Kier molecular flexibility index (Phi) is 3.00. The number of hydrogen-bond donors (Lipinski definition) is 1. The Morgan fingerprint density at radius 2 is 1.67 bits per heavy atom. The van der Waals surface area contributed by atoms with Gasteiger partial charge in [-0.05, 0) is 29.5 Å². The molecule has 1 aliphatic rings. The lowest BCUT2D eigenvalue weighted by molar-refractivity contribution is 0.791. The molecule has 1 atom stereocenters. The molecule has 0 fully saturated rings. The monoisotopic (exact) mass is 292 g/mol. The van der Waals surface area contributed by atoms with Gasteiger partial charge in [-0.3, -0.25) is 0 Å². The predicted octanol–water partition coefficient (Wildman–Crippen LogP) is 4.47. The SMILES string of the molecule is Nc1nc2c(s1)C(c1ccc(-c3ccccc3)cc1)CC2. The van der Waals surface area contributed by atoms with E-state index in [1.807, 2.05) is 6.07 Å². The van der Waals surface area contributed by atoms with Gasteiger partial charge in [-0.2, -0.15) is 0 Å². The number of nitrogen functional groups attached to an aromatic ring is 1. The summed E-state index contributed by atoms with van der Waals surface area (Å²) in [5.74, 6) is 0.472. The van der Waals surface area contributed by atoms with Gasteiger partial charge in [0.15, 0.2) is 5.13 Å². The standard InChI is InChI=1S/C18H16N2S/c19-18-20-16-11-10-15(17(16)21-18)14-8-6-13(7-9-14)12-4-2-1-3-5-12/h1-9,15H,10-11H2,(H2,19,20). The molecule has 1 heterocycles. The van der Waals surface area contributed by atoms with Crippen LogP contribution in [0.25, 0.3) is 11.1 Å². The zero-order chi connectivity index (χ0) is 14.2. The van der Waals surface area contributed by atoms with E-state index in [1.54, 1.807) is 11.3 Å². The lowest BCUT2D eigenvalue weighted by atomic mass is 9.95. The fraction of sp³-hybridized carbons (Fsp3) is 0.167. The van der Waals surface area contributed by atoms with E-state index in [2.05, 4.69) is 53.5 Å². The second-order valence-electron chi connectivity index (χ2n) is 5.44. The molecule has 4 rings (SSSR count). The van der Waals surface area contributed by atoms with Crippen LogP contribution in [-0.4, -0.2) is 4.98 Å². The molecule has 1 aliphatic carbocycles. The van der Waals surface area contributed by atoms with Gasteiger partial charge in [0.2, 0.25) is 0 Å². The smallest absolute Gasteiger partial charge is 0.180 e. The van der Waals surface area contributed by atoms with Gasteiger partial charge in [-0.15, -0.1) is 11.3 Å². The summed E-state index contributed by atoms with van der Waals surface area (Å²) in [7, 11) is 0. The highest BCUT2D eigenvalue weighted by atomic mass is 32.1. The zero-order valence-electron chi connectivity index (χ0n) is 11.6. The Labute approximate surface area is 128 Å². The third-order valence-electron chi connectivity index (χ3n) is 4.15. The molecule has 1 aromatic heterocycles. The van der Waals surface area contributed by atoms with Crippen molar-refractivity contribution in [3.05, 3.63) is 70.7 Å². The maximum absolute atomic E-state index is 5.84. The number of aromatic nitrogens is 1. The number of benzene rings is 2. The van der Waals surface area contributed by atoms with E-state index in [4.69, 9.17) is 5.73 Å². The second kappa shape index (κ2) is 5.01. The predicted molar refractivity (Wildman–Crippen MR) is 88.6 cm³/mol. The van der Waals surface area contributed by atoms with E-state index < -0.39 is 0 Å². The minimum atomic E-state index is 0.472. The fourth-order valence-electron chi connectivity index (χ4n) is 3.10. The van der Waals surface area contributed by atoms with Crippen molar-refractivity contribution in [2.24, 2.45) is 0 Å². The molecule has 2 aromatic carbocycles. The van der Waals surface area contributed by atoms with Gasteiger partial charge in [-0.25, -0.2) is 4.98 Å². The van der Waals surface area contributed by atoms with Gasteiger partial charge in [0.25, 0.3) is 0 Å². The third-order valence-corrected chi connectivity index (χ3v) is 5.19. The van der Waals surface area contributed by atoms with Gasteiger partial charge < -0.3 is 5.73 Å². The molecule has 21 heavy (non-hydrogen) atoms. The number of fused-ring (bicyclic) bond motifs is 1. The molecule has 104 valence electrons. The van der Waals surface area contributed by atoms with Crippen LogP contribution >= 0.6 is 11.3 Å². The minimum Gasteiger partial charge on any atom is -0.375 e. The highest BCUT2D eigenvalue weighted by molar-refractivity contribution is 7.15. The lowest BCUT2D eigenvalue weighted by Crippen LogP contribution is -1.94. The maximum atomic E-state index is 5.84. The number of rotatable bonds is 2. The van der Waals surface area contributed by atoms with Crippen molar-refractivity contribution < 1.29 is 0 Å². The molecule has 0 radical (unpaired) electrons. The average molecular weight is 292 g/mol. The van der Waals surface area contributed by atoms with E-state index in [0.29, 0.717) is 11.0 Å². The highest BCUT2D eigenvalue weighted by Crippen LogP contribution is 2.42. The quantitative estimate of drug-likeness (QED) is 0.757. The lowest BCUT2D eigenvalue weighted by Gasteiger charge is -2.11. The first kappa shape index (κ1) is 12.6. The van der Waals surface area contributed by atoms with Crippen molar-refractivity contribution in [2.75, 3.05) is 5.73 Å². The largest absolute Gasteiger partial charge is 0.375 e. The molecule has 2 nitrogen and oxygen atoms in total. The topological polar surface area (TPSA) is 38.9 Å². The van der Waals surface area contributed by atoms with Crippen LogP contribution in [0.3, 0.4) is 0 Å². The molecular formula is C18H16N2S. The fourth-order valence-corrected chi connectivity index (χ4v) is 4.15. The summed E-state index contributed by atoms with van der Waals surface area (Å²) < 4.78 is 0. The van der Waals surface area contributed by atoms with Crippen molar-refractivity contribution in [1.82, 2.24) is 4.98 Å². The van der Waals surface area contributed by atoms with E-state index in [0.717, 1.165) is 12.8 Å². The molecule has 1 unspecified atom stereocenters. The van der Waals surface area contributed by atoms with Crippen LogP contribution < -0.4 is 5.73 Å². The third kappa shape index (κ3) is 2.24. The van der Waals surface area contributed by atoms with Gasteiger partial charge in [0, 0.05) is 10.8 Å². The van der Waals surface area contributed by atoms with Crippen LogP contribution in [0.5, 0.6) is 0 Å². The highest BCUT2D eigenvalue weighted by Gasteiger charge is 2.27. The van der Waals surface area contributed by atoms with Crippen LogP contribution in [0.15, 0.2) is 54.6 Å². The number of anilines is 1. The Bertz CT molecular complexity index is 760. The summed E-state index contributed by atoms with van der Waals surface area (Å²) in [6.45, 7) is 0. The first-order chi connectivity index (χ1) is 10.3. The molecular weight excluding hydrogens is 276 g/mol. The zero-order valence-corrected chi connectivity index (χ0v) is 12.4. The van der Waals surface area contributed by atoms with Crippen molar-refractivity contribution in [1.29, 1.82) is 0 Å². The Morgan fingerprint density at radius 1 is 0.952 bits per heavy atom. The van der Waals surface area contributed by atoms with Crippen LogP contribution in [-0.2, 0) is 6.42 Å². The normalized spacial score (nSPS) is 16.9. The molecule has 0 aliphatic heterocycles. The first-order valence-electron chi connectivity index (χ1n) is 7.22. The summed E-state index contributed by atoms with van der Waals surface area (Å²) in [4.78, 5) is 5.79. The second-order valence-corrected chi connectivity index (χ2v) is 6.50. The van der Waals surface area contributed by atoms with Gasteiger partial charge in [0.05, 0.1) is 5.69 Å². The van der Waals surface area contributed by atoms with Gasteiger partial charge in [-0.1, -0.05) is 54.6 Å². The number of thiazole rings is 1. The van der Waals surface area contributed by atoms with Crippen molar-refractivity contribution in [3.63, 3.8) is 0 Å². The summed E-state index contributed by atoms with van der Waals surface area (Å²) in [6, 6.07) is 19.4. The number of hydrogen-bond acceptors (Lipinski definition) is 3. The maximum Gasteiger partial charge on any atom is 0.180 e. The van der Waals surface area contributed by atoms with Crippen LogP contribution in [0.2, 0.25) is 0 Å². The van der Waals surface area contributed by atoms with Crippen molar-refractivity contribution in [2.45, 2.75) is 18.8 Å². The minimum absolute atomic E-state index is 0.472. The number of nitrogens with two attached hydrogens (primary N) is 1. The van der Waals surface area contributed by atoms with Crippen LogP contribution in [0, 0.1) is 0 Å². The van der Waals surface area contributed by atoms with E-state index in [1.165, 1.54) is 27.3 Å². The number of nitrogens with zero attached hydrogens (tertiary/aromatic N) is 1. The van der Waals surface area contributed by atoms with Crippen molar-refractivity contribution >= 4 is 16.5 Å². The Balaban J connectivity index is 1.66. The van der Waals surface area contributed by atoms with Crippen molar-refractivity contribution in [3.8, 4) is 11.1 Å². The Hall–Kier alpha value is -2.13. The summed E-state index contributed by atoms with van der Waals surface area (Å²) in [6.07, 6.45) is 2.20. The Morgan fingerprint density at radius 3 is 2.43 bits per heavy atom. The molecule has 3 heteroatoms. The number of aryl methyl sites for hydroxylation is 1. The molecule has 0 spiro atoms. The van der Waals surface area contributed by atoms with E-state index in [9.17, 15) is 0 Å².